The number of para-hydroxylation sites is 1. The highest BCUT2D eigenvalue weighted by Crippen LogP contribution is 2.38. The molecule has 132 valence electrons. The van der Waals surface area contributed by atoms with Crippen LogP contribution in [0.5, 0.6) is 11.5 Å². The number of hydrogen-bond acceptors (Lipinski definition) is 5. The van der Waals surface area contributed by atoms with Crippen LogP contribution in [0.4, 0.5) is 0 Å². The third kappa shape index (κ3) is 3.82. The van der Waals surface area contributed by atoms with Gasteiger partial charge in [-0.05, 0) is 49.8 Å². The fourth-order valence-corrected chi connectivity index (χ4v) is 3.72. The number of thiazole rings is 1. The van der Waals surface area contributed by atoms with E-state index >= 15 is 0 Å². The maximum atomic E-state index is 9.61. The van der Waals surface area contributed by atoms with Gasteiger partial charge in [-0.1, -0.05) is 23.7 Å². The Balaban J connectivity index is 2.05. The van der Waals surface area contributed by atoms with E-state index in [0.29, 0.717) is 40.3 Å². The van der Waals surface area contributed by atoms with Crippen molar-refractivity contribution >= 4 is 44.8 Å². The first-order chi connectivity index (χ1) is 12.7. The molecule has 0 amide bonds. The Morgan fingerprint density at radius 1 is 1.23 bits per heavy atom. The van der Waals surface area contributed by atoms with Gasteiger partial charge in [0.15, 0.2) is 11.5 Å². The van der Waals surface area contributed by atoms with E-state index in [9.17, 15) is 5.26 Å². The van der Waals surface area contributed by atoms with Gasteiger partial charge in [0.2, 0.25) is 0 Å². The van der Waals surface area contributed by atoms with Crippen LogP contribution in [-0.4, -0.2) is 18.2 Å². The Kier molecular flexibility index (Phi) is 5.77. The molecule has 0 N–H and O–H groups in total. The Hall–Kier alpha value is -2.55. The van der Waals surface area contributed by atoms with Crippen LogP contribution in [0.15, 0.2) is 36.4 Å². The van der Waals surface area contributed by atoms with Gasteiger partial charge in [-0.3, -0.25) is 0 Å². The van der Waals surface area contributed by atoms with E-state index < -0.39 is 0 Å². The largest absolute Gasteiger partial charge is 0.490 e. The normalized spacial score (nSPS) is 11.4. The summed E-state index contributed by atoms with van der Waals surface area (Å²) < 4.78 is 12.3. The zero-order valence-electron chi connectivity index (χ0n) is 14.5. The molecule has 4 nitrogen and oxygen atoms in total. The van der Waals surface area contributed by atoms with E-state index in [-0.39, 0.29) is 0 Å². The first-order valence-corrected chi connectivity index (χ1v) is 9.42. The summed E-state index contributed by atoms with van der Waals surface area (Å²) in [5, 5.41) is 10.7. The van der Waals surface area contributed by atoms with Crippen molar-refractivity contribution in [1.29, 1.82) is 5.26 Å². The lowest BCUT2D eigenvalue weighted by atomic mass is 10.1. The fraction of sp³-hybridized carbons (Fsp3) is 0.200. The highest BCUT2D eigenvalue weighted by Gasteiger charge is 2.13. The van der Waals surface area contributed by atoms with Crippen molar-refractivity contribution in [3.05, 3.63) is 52.0 Å². The van der Waals surface area contributed by atoms with Gasteiger partial charge in [-0.15, -0.1) is 11.3 Å². The lowest BCUT2D eigenvalue weighted by Crippen LogP contribution is -1.99. The summed E-state index contributed by atoms with van der Waals surface area (Å²) in [7, 11) is 0. The molecule has 0 bridgehead atoms. The first kappa shape index (κ1) is 18.2. The van der Waals surface area contributed by atoms with Gasteiger partial charge < -0.3 is 9.47 Å². The van der Waals surface area contributed by atoms with Crippen LogP contribution in [0.3, 0.4) is 0 Å². The number of hydrogen-bond donors (Lipinski definition) is 0. The molecule has 0 aliphatic rings. The molecule has 0 saturated heterocycles. The average Bonchev–Trinajstić information content (AvgIpc) is 3.06. The second kappa shape index (κ2) is 8.22. The number of allylic oxidation sites excluding steroid dienone is 1. The van der Waals surface area contributed by atoms with Gasteiger partial charge in [-0.2, -0.15) is 5.26 Å². The highest BCUT2D eigenvalue weighted by molar-refractivity contribution is 7.19. The summed E-state index contributed by atoms with van der Waals surface area (Å²) in [6.45, 7) is 4.77. The molecule has 0 aliphatic heterocycles. The van der Waals surface area contributed by atoms with Crippen LogP contribution in [-0.2, 0) is 0 Å². The van der Waals surface area contributed by atoms with E-state index in [1.54, 1.807) is 12.1 Å². The van der Waals surface area contributed by atoms with Gasteiger partial charge in [0, 0.05) is 0 Å². The Morgan fingerprint density at radius 3 is 2.69 bits per heavy atom. The molecule has 0 spiro atoms. The van der Waals surface area contributed by atoms with E-state index in [2.05, 4.69) is 11.1 Å². The minimum absolute atomic E-state index is 0.450. The lowest BCUT2D eigenvalue weighted by Gasteiger charge is -2.13. The molecule has 1 aromatic heterocycles. The average molecular weight is 385 g/mol. The van der Waals surface area contributed by atoms with Crippen LogP contribution in [0, 0.1) is 11.3 Å². The molecule has 0 fully saturated rings. The molecule has 0 aliphatic carbocycles. The maximum absolute atomic E-state index is 9.61. The van der Waals surface area contributed by atoms with Gasteiger partial charge in [0.25, 0.3) is 0 Å². The molecule has 2 aromatic carbocycles. The first-order valence-electron chi connectivity index (χ1n) is 8.23. The molecule has 3 rings (SSSR count). The molecule has 0 radical (unpaired) electrons. The summed E-state index contributed by atoms with van der Waals surface area (Å²) in [5.41, 5.74) is 2.12. The number of halogens is 1. The van der Waals surface area contributed by atoms with Crippen molar-refractivity contribution in [2.24, 2.45) is 0 Å². The Bertz CT molecular complexity index is 972. The Labute approximate surface area is 161 Å². The van der Waals surface area contributed by atoms with Crippen molar-refractivity contribution in [2.75, 3.05) is 13.2 Å². The van der Waals surface area contributed by atoms with E-state index in [1.165, 1.54) is 11.3 Å². The Morgan fingerprint density at radius 2 is 2.00 bits per heavy atom. The SMILES string of the molecule is CCOc1cc(/C=C(/C#N)c2nc3ccccc3s2)cc(Cl)c1OCC. The summed E-state index contributed by atoms with van der Waals surface area (Å²) in [6.07, 6.45) is 1.77. The summed E-state index contributed by atoms with van der Waals surface area (Å²) in [5.74, 6) is 1.08. The van der Waals surface area contributed by atoms with Crippen molar-refractivity contribution in [1.82, 2.24) is 4.98 Å². The number of nitrogens with zero attached hydrogens (tertiary/aromatic N) is 2. The van der Waals surface area contributed by atoms with Crippen LogP contribution < -0.4 is 9.47 Å². The molecule has 0 unspecified atom stereocenters. The summed E-state index contributed by atoms with van der Waals surface area (Å²) in [6, 6.07) is 13.6. The molecule has 3 aromatic rings. The number of fused-ring (bicyclic) bond motifs is 1. The maximum Gasteiger partial charge on any atom is 0.179 e. The summed E-state index contributed by atoms with van der Waals surface area (Å²) >= 11 is 7.84. The second-order valence-electron chi connectivity index (χ2n) is 5.35. The van der Waals surface area contributed by atoms with Crippen LogP contribution in [0.2, 0.25) is 5.02 Å². The molecule has 0 atom stereocenters. The lowest BCUT2D eigenvalue weighted by molar-refractivity contribution is 0.288. The number of ether oxygens (including phenoxy) is 2. The number of aromatic nitrogens is 1. The number of rotatable bonds is 6. The predicted octanol–water partition coefficient (Wildman–Crippen LogP) is 5.81. The minimum Gasteiger partial charge on any atom is -0.490 e. The summed E-state index contributed by atoms with van der Waals surface area (Å²) in [4.78, 5) is 4.55. The molecule has 6 heteroatoms. The second-order valence-corrected chi connectivity index (χ2v) is 6.79. The topological polar surface area (TPSA) is 55.1 Å². The van der Waals surface area contributed by atoms with Crippen LogP contribution in [0.25, 0.3) is 21.9 Å². The molecule has 0 saturated carbocycles. The van der Waals surface area contributed by atoms with E-state index in [4.69, 9.17) is 21.1 Å². The molecular weight excluding hydrogens is 368 g/mol. The quantitative estimate of drug-likeness (QED) is 0.503. The van der Waals surface area contributed by atoms with Crippen molar-refractivity contribution in [3.8, 4) is 17.6 Å². The molecule has 26 heavy (non-hydrogen) atoms. The standard InChI is InChI=1S/C20H17ClN2O2S/c1-3-24-17-11-13(10-15(21)19(17)25-4-2)9-14(12-22)20-23-16-7-5-6-8-18(16)26-20/h5-11H,3-4H2,1-2H3/b14-9-. The smallest absolute Gasteiger partial charge is 0.179 e. The third-order valence-electron chi connectivity index (χ3n) is 3.58. The molecular formula is C20H17ClN2O2S. The minimum atomic E-state index is 0.450. The van der Waals surface area contributed by atoms with E-state index in [1.807, 2.05) is 44.2 Å². The van der Waals surface area contributed by atoms with E-state index in [0.717, 1.165) is 15.8 Å². The van der Waals surface area contributed by atoms with Gasteiger partial charge in [-0.25, -0.2) is 4.98 Å². The highest BCUT2D eigenvalue weighted by atomic mass is 35.5. The number of nitriles is 1. The van der Waals surface area contributed by atoms with Crippen LogP contribution in [0.1, 0.15) is 24.4 Å². The van der Waals surface area contributed by atoms with Crippen molar-refractivity contribution < 1.29 is 9.47 Å². The predicted molar refractivity (Wildman–Crippen MR) is 107 cm³/mol. The molecule has 1 heterocycles. The monoisotopic (exact) mass is 384 g/mol. The van der Waals surface area contributed by atoms with Gasteiger partial charge in [0.1, 0.15) is 11.1 Å². The number of benzene rings is 2. The van der Waals surface area contributed by atoms with Crippen molar-refractivity contribution in [3.63, 3.8) is 0 Å². The fourth-order valence-electron chi connectivity index (χ4n) is 2.51. The van der Waals surface area contributed by atoms with Crippen molar-refractivity contribution in [2.45, 2.75) is 13.8 Å². The van der Waals surface area contributed by atoms with Gasteiger partial charge >= 0.3 is 0 Å². The zero-order chi connectivity index (χ0) is 18.5. The third-order valence-corrected chi connectivity index (χ3v) is 4.93. The van der Waals surface area contributed by atoms with Crippen LogP contribution >= 0.6 is 22.9 Å². The van der Waals surface area contributed by atoms with Gasteiger partial charge in [0.05, 0.1) is 34.0 Å². The zero-order valence-corrected chi connectivity index (χ0v) is 16.0.